The highest BCUT2D eigenvalue weighted by Gasteiger charge is 2.34. The Morgan fingerprint density at radius 3 is 2.65 bits per heavy atom. The summed E-state index contributed by atoms with van der Waals surface area (Å²) in [5, 5.41) is 0.620. The molecule has 1 atom stereocenters. The SMILES string of the molecule is COc1ncccc1C=O.Nc1nc(C2=CC(CC3(N)CCC3)CC=C2)c(-c2ccccc2)s1. The highest BCUT2D eigenvalue weighted by atomic mass is 32.1. The summed E-state index contributed by atoms with van der Waals surface area (Å²) >= 11 is 1.56. The minimum Gasteiger partial charge on any atom is -0.480 e. The lowest BCUT2D eigenvalue weighted by Crippen LogP contribution is -2.47. The molecule has 3 aromatic rings. The number of nitrogens with two attached hydrogens (primary N) is 2. The smallest absolute Gasteiger partial charge is 0.223 e. The molecule has 4 N–H and O–H groups in total. The van der Waals surface area contributed by atoms with Gasteiger partial charge in [-0.1, -0.05) is 59.9 Å². The fourth-order valence-electron chi connectivity index (χ4n) is 4.39. The number of methoxy groups -OCH3 is 1. The molecule has 1 saturated carbocycles. The number of pyridine rings is 1. The van der Waals surface area contributed by atoms with Crippen LogP contribution in [-0.4, -0.2) is 28.9 Å². The van der Waals surface area contributed by atoms with Gasteiger partial charge in [-0.05, 0) is 61.3 Å². The number of carbonyl (C=O) groups excluding carboxylic acids is 1. The molecule has 0 spiro atoms. The van der Waals surface area contributed by atoms with Crippen LogP contribution in [0.15, 0.2) is 66.9 Å². The van der Waals surface area contributed by atoms with E-state index in [9.17, 15) is 4.79 Å². The molecule has 1 aromatic carbocycles. The maximum Gasteiger partial charge on any atom is 0.223 e. The van der Waals surface area contributed by atoms with Gasteiger partial charge < -0.3 is 16.2 Å². The highest BCUT2D eigenvalue weighted by Crippen LogP contribution is 2.41. The minimum atomic E-state index is 0.0564. The van der Waals surface area contributed by atoms with Crippen LogP contribution in [0.4, 0.5) is 5.13 Å². The van der Waals surface area contributed by atoms with Crippen LogP contribution in [0.25, 0.3) is 16.0 Å². The quantitative estimate of drug-likeness (QED) is 0.456. The van der Waals surface area contributed by atoms with Gasteiger partial charge in [0.15, 0.2) is 11.4 Å². The molecule has 0 saturated heterocycles. The lowest BCUT2D eigenvalue weighted by Gasteiger charge is -2.40. The largest absolute Gasteiger partial charge is 0.480 e. The topological polar surface area (TPSA) is 104 Å². The van der Waals surface area contributed by atoms with E-state index in [-0.39, 0.29) is 5.54 Å². The number of aldehydes is 1. The first-order valence-corrected chi connectivity index (χ1v) is 12.3. The van der Waals surface area contributed by atoms with Crippen molar-refractivity contribution in [3.05, 3.63) is 78.1 Å². The molecule has 0 aliphatic heterocycles. The molecular formula is C27H30N4O2S. The van der Waals surface area contributed by atoms with Crippen molar-refractivity contribution >= 4 is 28.3 Å². The van der Waals surface area contributed by atoms with Gasteiger partial charge in [-0.2, -0.15) is 0 Å². The van der Waals surface area contributed by atoms with Crippen molar-refractivity contribution in [2.45, 2.75) is 37.6 Å². The third-order valence-corrected chi connectivity index (χ3v) is 7.18. The fourth-order valence-corrected chi connectivity index (χ4v) is 5.25. The summed E-state index contributed by atoms with van der Waals surface area (Å²) in [5.74, 6) is 0.874. The van der Waals surface area contributed by atoms with Crippen LogP contribution in [0.2, 0.25) is 0 Å². The summed E-state index contributed by atoms with van der Waals surface area (Å²) < 4.78 is 4.79. The number of aromatic nitrogens is 2. The van der Waals surface area contributed by atoms with E-state index >= 15 is 0 Å². The predicted molar refractivity (Wildman–Crippen MR) is 139 cm³/mol. The van der Waals surface area contributed by atoms with Gasteiger partial charge in [0.05, 0.1) is 23.2 Å². The molecule has 2 aliphatic rings. The minimum absolute atomic E-state index is 0.0564. The van der Waals surface area contributed by atoms with Crippen molar-refractivity contribution in [1.29, 1.82) is 0 Å². The van der Waals surface area contributed by atoms with Crippen LogP contribution >= 0.6 is 11.3 Å². The summed E-state index contributed by atoms with van der Waals surface area (Å²) in [5.41, 5.74) is 16.4. The number of thiazole rings is 1. The zero-order valence-corrected chi connectivity index (χ0v) is 20.1. The maximum absolute atomic E-state index is 10.3. The van der Waals surface area contributed by atoms with Crippen LogP contribution < -0.4 is 16.2 Å². The van der Waals surface area contributed by atoms with E-state index in [1.54, 1.807) is 29.7 Å². The Hall–Kier alpha value is -3.29. The lowest BCUT2D eigenvalue weighted by molar-refractivity contribution is 0.112. The van der Waals surface area contributed by atoms with Crippen LogP contribution in [0.5, 0.6) is 5.88 Å². The molecular weight excluding hydrogens is 444 g/mol. The van der Waals surface area contributed by atoms with Gasteiger partial charge >= 0.3 is 0 Å². The Morgan fingerprint density at radius 1 is 1.21 bits per heavy atom. The number of nitrogen functional groups attached to an aromatic ring is 1. The first-order chi connectivity index (χ1) is 16.5. The van der Waals surface area contributed by atoms with E-state index in [4.69, 9.17) is 16.2 Å². The summed E-state index contributed by atoms with van der Waals surface area (Å²) in [7, 11) is 1.48. The molecule has 0 bridgehead atoms. The second kappa shape index (κ2) is 10.8. The number of carbonyl (C=O) groups is 1. The van der Waals surface area contributed by atoms with E-state index in [0.29, 0.717) is 28.8 Å². The normalized spacial score (nSPS) is 18.2. The molecule has 5 rings (SSSR count). The average molecular weight is 475 g/mol. The molecule has 1 fully saturated rings. The average Bonchev–Trinajstić information content (AvgIpc) is 3.26. The molecule has 176 valence electrons. The van der Waals surface area contributed by atoms with Gasteiger partial charge in [0.25, 0.3) is 0 Å². The molecule has 2 heterocycles. The van der Waals surface area contributed by atoms with E-state index in [1.807, 2.05) is 6.07 Å². The summed E-state index contributed by atoms with van der Waals surface area (Å²) in [6.45, 7) is 0. The summed E-state index contributed by atoms with van der Waals surface area (Å²) in [6, 6.07) is 13.7. The maximum atomic E-state index is 10.3. The molecule has 0 amide bonds. The zero-order chi connectivity index (χ0) is 24.0. The molecule has 7 heteroatoms. The van der Waals surface area contributed by atoms with Crippen LogP contribution in [0.3, 0.4) is 0 Å². The Kier molecular flexibility index (Phi) is 7.55. The van der Waals surface area contributed by atoms with Crippen molar-refractivity contribution in [3.63, 3.8) is 0 Å². The number of rotatable bonds is 6. The van der Waals surface area contributed by atoms with Crippen molar-refractivity contribution in [2.75, 3.05) is 12.8 Å². The van der Waals surface area contributed by atoms with Crippen LogP contribution in [0.1, 0.15) is 48.2 Å². The van der Waals surface area contributed by atoms with E-state index in [2.05, 4.69) is 52.5 Å². The van der Waals surface area contributed by atoms with E-state index in [0.717, 1.165) is 36.3 Å². The van der Waals surface area contributed by atoms with Gasteiger partial charge in [0.1, 0.15) is 0 Å². The van der Waals surface area contributed by atoms with Crippen molar-refractivity contribution < 1.29 is 9.53 Å². The first-order valence-electron chi connectivity index (χ1n) is 11.4. The standard InChI is InChI=1S/C20H23N3S.C7H7NO2/c21-19-23-17(18(24-19)15-7-2-1-3-8-15)16-9-4-6-14(12-16)13-20(22)10-5-11-20;1-10-7-6(5-9)3-2-4-8-7/h1-4,7-9,12,14H,5-6,10-11,13,22H2,(H2,21,23);2-5H,1H3. The van der Waals surface area contributed by atoms with Crippen LogP contribution in [0, 0.1) is 5.92 Å². The number of anilines is 1. The van der Waals surface area contributed by atoms with Gasteiger partial charge in [-0.3, -0.25) is 4.79 Å². The van der Waals surface area contributed by atoms with E-state index in [1.165, 1.54) is 24.7 Å². The first kappa shape index (κ1) is 23.9. The number of hydrogen-bond donors (Lipinski definition) is 2. The highest BCUT2D eigenvalue weighted by molar-refractivity contribution is 7.19. The molecule has 2 aliphatic carbocycles. The van der Waals surface area contributed by atoms with Gasteiger partial charge in [0, 0.05) is 11.7 Å². The Balaban J connectivity index is 0.000000231. The van der Waals surface area contributed by atoms with Gasteiger partial charge in [-0.25, -0.2) is 9.97 Å². The third-order valence-electron chi connectivity index (χ3n) is 6.24. The number of hydrogen-bond acceptors (Lipinski definition) is 7. The van der Waals surface area contributed by atoms with Crippen LogP contribution in [-0.2, 0) is 0 Å². The summed E-state index contributed by atoms with van der Waals surface area (Å²) in [4.78, 5) is 19.9. The Bertz CT molecular complexity index is 1180. The zero-order valence-electron chi connectivity index (χ0n) is 19.3. The molecule has 6 nitrogen and oxygen atoms in total. The van der Waals surface area contributed by atoms with E-state index < -0.39 is 0 Å². The monoisotopic (exact) mass is 474 g/mol. The molecule has 1 unspecified atom stereocenters. The second-order valence-electron chi connectivity index (χ2n) is 8.76. The van der Waals surface area contributed by atoms with Crippen molar-refractivity contribution in [3.8, 4) is 16.3 Å². The predicted octanol–water partition coefficient (Wildman–Crippen LogP) is 5.53. The van der Waals surface area contributed by atoms with Crippen molar-refractivity contribution in [2.24, 2.45) is 11.7 Å². The second-order valence-corrected chi connectivity index (χ2v) is 9.79. The molecule has 2 aromatic heterocycles. The number of ether oxygens (including phenoxy) is 1. The number of allylic oxidation sites excluding steroid dienone is 4. The summed E-state index contributed by atoms with van der Waals surface area (Å²) in [6.07, 6.45) is 14.8. The molecule has 0 radical (unpaired) electrons. The third kappa shape index (κ3) is 5.61. The van der Waals surface area contributed by atoms with Crippen molar-refractivity contribution in [1.82, 2.24) is 9.97 Å². The molecule has 34 heavy (non-hydrogen) atoms. The van der Waals surface area contributed by atoms with Gasteiger partial charge in [0.2, 0.25) is 5.88 Å². The number of benzene rings is 1. The van der Waals surface area contributed by atoms with Gasteiger partial charge in [-0.15, -0.1) is 0 Å². The fraction of sp³-hybridized carbons (Fsp3) is 0.296. The Labute approximate surface area is 204 Å². The number of nitrogens with zero attached hydrogens (tertiary/aromatic N) is 2. The lowest BCUT2D eigenvalue weighted by atomic mass is 9.71. The Morgan fingerprint density at radius 2 is 2.00 bits per heavy atom.